The summed E-state index contributed by atoms with van der Waals surface area (Å²) in [6.07, 6.45) is 4.27. The second kappa shape index (κ2) is 5.50. The molecule has 96 valence electrons. The molecule has 1 aromatic carbocycles. The van der Waals surface area contributed by atoms with E-state index in [0.717, 1.165) is 36.1 Å². The highest BCUT2D eigenvalue weighted by Crippen LogP contribution is 2.38. The number of thiophene rings is 1. The maximum absolute atomic E-state index is 14.2. The van der Waals surface area contributed by atoms with Crippen LogP contribution in [-0.4, -0.2) is 7.85 Å². The van der Waals surface area contributed by atoms with Crippen molar-refractivity contribution in [3.8, 4) is 10.4 Å². The average Bonchev–Trinajstić information content (AvgIpc) is 2.93. The average molecular weight is 270 g/mol. The van der Waals surface area contributed by atoms with Crippen LogP contribution in [0.2, 0.25) is 5.82 Å². The highest BCUT2D eigenvalue weighted by atomic mass is 32.1. The largest absolute Gasteiger partial charge is 0.206 e. The highest BCUT2D eigenvalue weighted by molar-refractivity contribution is 7.13. The lowest BCUT2D eigenvalue weighted by molar-refractivity contribution is 0.442. The standard InChI is InChI=1S/C16H16BFS/c17-13-6-3-11(4-7-13)12-5-8-14(15(18)10-12)16-2-1-9-19-16/h1-2,5,8-11,13H,3-4,6-7H2. The molecule has 0 atom stereocenters. The van der Waals surface area contributed by atoms with Crippen molar-refractivity contribution in [2.24, 2.45) is 0 Å². The predicted octanol–water partition coefficient (Wildman–Crippen LogP) is 5.17. The predicted molar refractivity (Wildman–Crippen MR) is 80.4 cm³/mol. The van der Waals surface area contributed by atoms with Crippen LogP contribution in [0.5, 0.6) is 0 Å². The summed E-state index contributed by atoms with van der Waals surface area (Å²) in [6, 6.07) is 9.64. The molecule has 2 radical (unpaired) electrons. The van der Waals surface area contributed by atoms with Crippen molar-refractivity contribution >= 4 is 19.2 Å². The Kier molecular flexibility index (Phi) is 3.74. The molecular formula is C16H16BFS. The van der Waals surface area contributed by atoms with Gasteiger partial charge in [-0.25, -0.2) is 4.39 Å². The summed E-state index contributed by atoms with van der Waals surface area (Å²) >= 11 is 1.58. The number of hydrogen-bond acceptors (Lipinski definition) is 1. The van der Waals surface area contributed by atoms with E-state index < -0.39 is 0 Å². The molecule has 19 heavy (non-hydrogen) atoms. The topological polar surface area (TPSA) is 0 Å². The molecule has 3 heteroatoms. The van der Waals surface area contributed by atoms with Crippen LogP contribution < -0.4 is 0 Å². The molecule has 1 saturated carbocycles. The van der Waals surface area contributed by atoms with Gasteiger partial charge in [0.15, 0.2) is 0 Å². The van der Waals surface area contributed by atoms with Crippen molar-refractivity contribution < 1.29 is 4.39 Å². The van der Waals surface area contributed by atoms with Crippen molar-refractivity contribution in [3.63, 3.8) is 0 Å². The van der Waals surface area contributed by atoms with E-state index in [0.29, 0.717) is 17.3 Å². The van der Waals surface area contributed by atoms with Gasteiger partial charge in [0.05, 0.1) is 7.85 Å². The van der Waals surface area contributed by atoms with E-state index in [1.807, 2.05) is 23.6 Å². The molecule has 1 aliphatic rings. The normalized spacial score (nSPS) is 23.4. The summed E-state index contributed by atoms with van der Waals surface area (Å²) in [5.41, 5.74) is 1.84. The van der Waals surface area contributed by atoms with Crippen LogP contribution in [0.1, 0.15) is 37.2 Å². The first kappa shape index (κ1) is 12.9. The van der Waals surface area contributed by atoms with Crippen LogP contribution in [-0.2, 0) is 0 Å². The fraction of sp³-hybridized carbons (Fsp3) is 0.375. The van der Waals surface area contributed by atoms with Gasteiger partial charge in [-0.2, -0.15) is 0 Å². The number of rotatable bonds is 2. The van der Waals surface area contributed by atoms with E-state index >= 15 is 0 Å². The molecule has 0 unspecified atom stereocenters. The Hall–Kier alpha value is -1.09. The Morgan fingerprint density at radius 2 is 1.89 bits per heavy atom. The summed E-state index contributed by atoms with van der Waals surface area (Å²) < 4.78 is 14.2. The lowest BCUT2D eigenvalue weighted by atomic mass is 9.70. The quantitative estimate of drug-likeness (QED) is 0.660. The smallest absolute Gasteiger partial charge is 0.132 e. The molecule has 1 heterocycles. The van der Waals surface area contributed by atoms with Crippen molar-refractivity contribution in [1.29, 1.82) is 0 Å². The van der Waals surface area contributed by atoms with Crippen LogP contribution in [0.25, 0.3) is 10.4 Å². The van der Waals surface area contributed by atoms with Gasteiger partial charge < -0.3 is 0 Å². The van der Waals surface area contributed by atoms with Crippen molar-refractivity contribution in [2.75, 3.05) is 0 Å². The summed E-state index contributed by atoms with van der Waals surface area (Å²) in [7, 11) is 5.92. The fourth-order valence-electron chi connectivity index (χ4n) is 2.87. The lowest BCUT2D eigenvalue weighted by Crippen LogP contribution is -2.09. The summed E-state index contributed by atoms with van der Waals surface area (Å²) in [4.78, 5) is 0.995. The zero-order valence-corrected chi connectivity index (χ0v) is 11.6. The number of benzene rings is 1. The van der Waals surface area contributed by atoms with Gasteiger partial charge in [0.25, 0.3) is 0 Å². The number of hydrogen-bond donors (Lipinski definition) is 0. The molecule has 1 aromatic heterocycles. The maximum atomic E-state index is 14.2. The molecule has 0 aliphatic heterocycles. The Balaban J connectivity index is 1.83. The van der Waals surface area contributed by atoms with Gasteiger partial charge in [-0.05, 0) is 41.8 Å². The van der Waals surface area contributed by atoms with Gasteiger partial charge in [0.1, 0.15) is 5.82 Å². The van der Waals surface area contributed by atoms with Crippen LogP contribution in [0.15, 0.2) is 35.7 Å². The molecule has 0 amide bonds. The minimum absolute atomic E-state index is 0.102. The van der Waals surface area contributed by atoms with Crippen LogP contribution in [0, 0.1) is 5.82 Å². The molecule has 1 fully saturated rings. The molecule has 0 spiro atoms. The second-order valence-corrected chi connectivity index (χ2v) is 6.28. The molecule has 3 rings (SSSR count). The first-order valence-electron chi connectivity index (χ1n) is 6.83. The maximum Gasteiger partial charge on any atom is 0.132 e. The fourth-order valence-corrected chi connectivity index (χ4v) is 3.62. The first-order valence-corrected chi connectivity index (χ1v) is 7.71. The third kappa shape index (κ3) is 2.76. The van der Waals surface area contributed by atoms with Gasteiger partial charge >= 0.3 is 0 Å². The summed E-state index contributed by atoms with van der Waals surface area (Å²) in [6.45, 7) is 0. The summed E-state index contributed by atoms with van der Waals surface area (Å²) in [5.74, 6) is 0.716. The highest BCUT2D eigenvalue weighted by Gasteiger charge is 2.20. The Morgan fingerprint density at radius 3 is 2.53 bits per heavy atom. The third-order valence-electron chi connectivity index (χ3n) is 4.02. The van der Waals surface area contributed by atoms with E-state index in [2.05, 4.69) is 6.07 Å². The minimum Gasteiger partial charge on any atom is -0.206 e. The van der Waals surface area contributed by atoms with Gasteiger partial charge in [-0.1, -0.05) is 36.9 Å². The summed E-state index contributed by atoms with van der Waals surface area (Å²) in [5, 5.41) is 1.98. The van der Waals surface area contributed by atoms with E-state index in [1.165, 1.54) is 0 Å². The van der Waals surface area contributed by atoms with E-state index in [1.54, 1.807) is 17.4 Å². The molecule has 0 N–H and O–H groups in total. The molecule has 0 nitrogen and oxygen atoms in total. The second-order valence-electron chi connectivity index (χ2n) is 5.33. The molecular weight excluding hydrogens is 254 g/mol. The van der Waals surface area contributed by atoms with Crippen LogP contribution >= 0.6 is 11.3 Å². The van der Waals surface area contributed by atoms with Gasteiger partial charge in [0.2, 0.25) is 0 Å². The zero-order valence-electron chi connectivity index (χ0n) is 10.8. The molecule has 1 aliphatic carbocycles. The minimum atomic E-state index is -0.102. The lowest BCUT2D eigenvalue weighted by Gasteiger charge is -2.26. The Morgan fingerprint density at radius 1 is 1.11 bits per heavy atom. The van der Waals surface area contributed by atoms with Gasteiger partial charge in [-0.15, -0.1) is 11.3 Å². The van der Waals surface area contributed by atoms with E-state index in [9.17, 15) is 4.39 Å². The van der Waals surface area contributed by atoms with E-state index in [4.69, 9.17) is 7.85 Å². The Labute approximate surface area is 119 Å². The first-order chi connectivity index (χ1) is 9.24. The number of halogens is 1. The SMILES string of the molecule is [B]C1CCC(c2ccc(-c3cccs3)c(F)c2)CC1. The Bertz CT molecular complexity index is 542. The van der Waals surface area contributed by atoms with Crippen molar-refractivity contribution in [3.05, 3.63) is 47.1 Å². The molecule has 2 aromatic rings. The van der Waals surface area contributed by atoms with Crippen LogP contribution in [0.4, 0.5) is 4.39 Å². The van der Waals surface area contributed by atoms with E-state index in [-0.39, 0.29) is 5.82 Å². The van der Waals surface area contributed by atoms with Crippen LogP contribution in [0.3, 0.4) is 0 Å². The van der Waals surface area contributed by atoms with Gasteiger partial charge in [0, 0.05) is 10.4 Å². The van der Waals surface area contributed by atoms with Gasteiger partial charge in [-0.3, -0.25) is 0 Å². The molecule has 0 bridgehead atoms. The van der Waals surface area contributed by atoms with Crippen molar-refractivity contribution in [1.82, 2.24) is 0 Å². The third-order valence-corrected chi connectivity index (χ3v) is 4.93. The van der Waals surface area contributed by atoms with Crippen molar-refractivity contribution in [2.45, 2.75) is 37.4 Å². The zero-order chi connectivity index (χ0) is 13.2. The molecule has 0 saturated heterocycles. The monoisotopic (exact) mass is 270 g/mol.